The molecule has 1 fully saturated rings. The Morgan fingerprint density at radius 2 is 1.57 bits per heavy atom. The van der Waals surface area contributed by atoms with Crippen LogP contribution < -0.4 is 21.3 Å². The molecule has 1 aliphatic rings. The number of hydrogen-bond donors (Lipinski definition) is 4. The Hall–Kier alpha value is -3.40. The second kappa shape index (κ2) is 8.95. The topological polar surface area (TPSA) is 133 Å². The predicted octanol–water partition coefficient (Wildman–Crippen LogP) is 2.21. The van der Waals surface area contributed by atoms with Gasteiger partial charge in [-0.15, -0.1) is 0 Å². The van der Waals surface area contributed by atoms with Gasteiger partial charge in [-0.1, -0.05) is 6.07 Å². The van der Waals surface area contributed by atoms with Crippen LogP contribution in [-0.2, 0) is 14.6 Å². The van der Waals surface area contributed by atoms with Crippen LogP contribution in [0, 0.1) is 0 Å². The molecular weight excluding hydrogens is 408 g/mol. The molecule has 158 valence electrons. The molecule has 2 aromatic rings. The predicted molar refractivity (Wildman–Crippen MR) is 114 cm³/mol. The van der Waals surface area contributed by atoms with Crippen molar-refractivity contribution < 1.29 is 22.8 Å². The lowest BCUT2D eigenvalue weighted by atomic mass is 10.2. The fourth-order valence-electron chi connectivity index (χ4n) is 3.05. The third-order valence-electron chi connectivity index (χ3n) is 4.41. The largest absolute Gasteiger partial charge is 0.334 e. The van der Waals surface area contributed by atoms with Crippen LogP contribution in [0.3, 0.4) is 0 Å². The number of amides is 4. The molecule has 0 bridgehead atoms. The second-order valence-electron chi connectivity index (χ2n) is 6.99. The average Bonchev–Trinajstić information content (AvgIpc) is 3.00. The highest BCUT2D eigenvalue weighted by Crippen LogP contribution is 2.17. The molecule has 3 rings (SSSR count). The van der Waals surface area contributed by atoms with Crippen molar-refractivity contribution in [2.45, 2.75) is 19.4 Å². The number of carbonyl (C=O) groups excluding carboxylic acids is 3. The van der Waals surface area contributed by atoms with Crippen LogP contribution in [0.5, 0.6) is 0 Å². The van der Waals surface area contributed by atoms with Crippen molar-refractivity contribution in [3.63, 3.8) is 0 Å². The molecule has 4 amide bonds. The zero-order valence-electron chi connectivity index (χ0n) is 16.3. The van der Waals surface area contributed by atoms with Crippen molar-refractivity contribution in [2.75, 3.05) is 27.5 Å². The summed E-state index contributed by atoms with van der Waals surface area (Å²) in [4.78, 5) is 35.6. The van der Waals surface area contributed by atoms with Gasteiger partial charge in [-0.05, 0) is 48.9 Å². The fourth-order valence-corrected chi connectivity index (χ4v) is 4.72. The molecule has 2 aromatic carbocycles. The number of urea groups is 1. The molecule has 9 nitrogen and oxygen atoms in total. The molecule has 0 saturated carbocycles. The minimum atomic E-state index is -3.07. The number of benzene rings is 2. The van der Waals surface area contributed by atoms with Gasteiger partial charge in [0.05, 0.1) is 11.5 Å². The van der Waals surface area contributed by atoms with Crippen LogP contribution in [0.2, 0.25) is 0 Å². The second-order valence-corrected chi connectivity index (χ2v) is 9.22. The first-order valence-electron chi connectivity index (χ1n) is 9.27. The quantitative estimate of drug-likeness (QED) is 0.577. The fraction of sp³-hybridized carbons (Fsp3) is 0.250. The summed E-state index contributed by atoms with van der Waals surface area (Å²) >= 11 is 0. The van der Waals surface area contributed by atoms with E-state index in [1.165, 1.54) is 6.92 Å². The molecule has 0 radical (unpaired) electrons. The Bertz CT molecular complexity index is 1070. The van der Waals surface area contributed by atoms with Gasteiger partial charge in [0.2, 0.25) is 5.91 Å². The van der Waals surface area contributed by atoms with Gasteiger partial charge in [0, 0.05) is 35.6 Å². The zero-order chi connectivity index (χ0) is 21.7. The summed E-state index contributed by atoms with van der Waals surface area (Å²) in [7, 11) is -3.07. The summed E-state index contributed by atoms with van der Waals surface area (Å²) < 4.78 is 22.9. The summed E-state index contributed by atoms with van der Waals surface area (Å²) in [5.41, 5.74) is 1.95. The van der Waals surface area contributed by atoms with Crippen LogP contribution in [0.25, 0.3) is 0 Å². The molecule has 4 N–H and O–H groups in total. The maximum absolute atomic E-state index is 12.4. The van der Waals surface area contributed by atoms with E-state index in [1.807, 2.05) is 0 Å². The van der Waals surface area contributed by atoms with Crippen molar-refractivity contribution >= 4 is 44.7 Å². The third-order valence-corrected chi connectivity index (χ3v) is 6.18. The van der Waals surface area contributed by atoms with E-state index in [-0.39, 0.29) is 23.3 Å². The molecule has 1 heterocycles. The Morgan fingerprint density at radius 3 is 2.17 bits per heavy atom. The zero-order valence-corrected chi connectivity index (χ0v) is 17.1. The average molecular weight is 430 g/mol. The maximum Gasteiger partial charge on any atom is 0.319 e. The normalized spacial score (nSPS) is 17.0. The number of anilines is 3. The lowest BCUT2D eigenvalue weighted by Crippen LogP contribution is -2.38. The van der Waals surface area contributed by atoms with E-state index in [1.54, 1.807) is 48.5 Å². The Morgan fingerprint density at radius 1 is 0.900 bits per heavy atom. The van der Waals surface area contributed by atoms with Crippen molar-refractivity contribution in [3.8, 4) is 0 Å². The van der Waals surface area contributed by atoms with Gasteiger partial charge in [0.15, 0.2) is 9.84 Å². The van der Waals surface area contributed by atoms with Gasteiger partial charge in [-0.2, -0.15) is 0 Å². The van der Waals surface area contributed by atoms with E-state index in [9.17, 15) is 22.8 Å². The molecule has 0 unspecified atom stereocenters. The van der Waals surface area contributed by atoms with Crippen molar-refractivity contribution in [2.24, 2.45) is 0 Å². The van der Waals surface area contributed by atoms with Gasteiger partial charge in [0.25, 0.3) is 5.91 Å². The maximum atomic E-state index is 12.4. The molecule has 0 aromatic heterocycles. The van der Waals surface area contributed by atoms with Crippen LogP contribution in [0.15, 0.2) is 48.5 Å². The first-order valence-corrected chi connectivity index (χ1v) is 11.1. The molecule has 30 heavy (non-hydrogen) atoms. The molecule has 0 aliphatic carbocycles. The summed E-state index contributed by atoms with van der Waals surface area (Å²) in [5, 5.41) is 10.6. The van der Waals surface area contributed by atoms with Crippen LogP contribution in [-0.4, -0.2) is 43.8 Å². The van der Waals surface area contributed by atoms with E-state index in [2.05, 4.69) is 21.3 Å². The summed E-state index contributed by atoms with van der Waals surface area (Å²) in [6.45, 7) is 1.40. The van der Waals surface area contributed by atoms with Crippen LogP contribution in [0.1, 0.15) is 23.7 Å². The summed E-state index contributed by atoms with van der Waals surface area (Å²) in [5.74, 6) is -0.527. The molecule has 1 atom stereocenters. The molecule has 10 heteroatoms. The minimum Gasteiger partial charge on any atom is -0.334 e. The monoisotopic (exact) mass is 430 g/mol. The molecule has 1 aliphatic heterocycles. The first-order chi connectivity index (χ1) is 14.2. The van der Waals surface area contributed by atoms with E-state index in [0.29, 0.717) is 29.0 Å². The van der Waals surface area contributed by atoms with Crippen LogP contribution in [0.4, 0.5) is 21.9 Å². The number of sulfone groups is 1. The standard InChI is InChI=1S/C20H22N4O5S/c1-13(25)21-16-3-2-4-17(11-16)22-19(26)14-5-7-15(8-6-14)23-20(27)24-18-9-10-30(28,29)12-18/h2-8,11,18H,9-10,12H2,1H3,(H,21,25)(H,22,26)(H2,23,24,27)/t18-/m1/s1. The number of rotatable bonds is 5. The summed E-state index contributed by atoms with van der Waals surface area (Å²) in [6.07, 6.45) is 0.401. The van der Waals surface area contributed by atoms with Crippen molar-refractivity contribution in [3.05, 3.63) is 54.1 Å². The molecule has 1 saturated heterocycles. The van der Waals surface area contributed by atoms with Crippen LogP contribution >= 0.6 is 0 Å². The highest BCUT2D eigenvalue weighted by Gasteiger charge is 2.28. The molecular formula is C20H22N4O5S. The smallest absolute Gasteiger partial charge is 0.319 e. The lowest BCUT2D eigenvalue weighted by Gasteiger charge is -2.12. The Kier molecular flexibility index (Phi) is 6.36. The summed E-state index contributed by atoms with van der Waals surface area (Å²) in [6, 6.07) is 12.1. The van der Waals surface area contributed by atoms with E-state index >= 15 is 0 Å². The minimum absolute atomic E-state index is 0.0529. The number of hydrogen-bond acceptors (Lipinski definition) is 5. The van der Waals surface area contributed by atoms with Gasteiger partial charge in [-0.3, -0.25) is 9.59 Å². The van der Waals surface area contributed by atoms with E-state index < -0.39 is 21.9 Å². The Labute approximate surface area is 174 Å². The number of nitrogens with one attached hydrogen (secondary N) is 4. The lowest BCUT2D eigenvalue weighted by molar-refractivity contribution is -0.114. The van der Waals surface area contributed by atoms with Crippen molar-refractivity contribution in [1.82, 2.24) is 5.32 Å². The highest BCUT2D eigenvalue weighted by molar-refractivity contribution is 7.91. The van der Waals surface area contributed by atoms with Gasteiger partial charge >= 0.3 is 6.03 Å². The molecule has 0 spiro atoms. The third kappa shape index (κ3) is 6.05. The van der Waals surface area contributed by atoms with E-state index in [4.69, 9.17) is 0 Å². The van der Waals surface area contributed by atoms with E-state index in [0.717, 1.165) is 0 Å². The SMILES string of the molecule is CC(=O)Nc1cccc(NC(=O)c2ccc(NC(=O)N[C@@H]3CCS(=O)(=O)C3)cc2)c1. The van der Waals surface area contributed by atoms with Gasteiger partial charge in [0.1, 0.15) is 0 Å². The van der Waals surface area contributed by atoms with Crippen molar-refractivity contribution in [1.29, 1.82) is 0 Å². The highest BCUT2D eigenvalue weighted by atomic mass is 32.2. The Balaban J connectivity index is 1.55. The van der Waals surface area contributed by atoms with Gasteiger partial charge < -0.3 is 21.3 Å². The number of carbonyl (C=O) groups is 3. The first kappa shape index (κ1) is 21.3. The van der Waals surface area contributed by atoms with Gasteiger partial charge in [-0.25, -0.2) is 13.2 Å².